The van der Waals surface area contributed by atoms with E-state index in [4.69, 9.17) is 4.74 Å². The molecule has 1 aliphatic heterocycles. The Kier molecular flexibility index (Phi) is 3.54. The van der Waals surface area contributed by atoms with E-state index < -0.39 is 0 Å². The first-order valence-corrected chi connectivity index (χ1v) is 6.96. The molecule has 1 aliphatic rings. The Balaban J connectivity index is 1.82. The van der Waals surface area contributed by atoms with Crippen molar-refractivity contribution in [2.24, 2.45) is 5.92 Å². The number of ether oxygens (including phenoxy) is 1. The normalized spacial score (nSPS) is 16.4. The minimum absolute atomic E-state index is 0.0335. The van der Waals surface area contributed by atoms with Gasteiger partial charge in [0, 0.05) is 24.7 Å². The van der Waals surface area contributed by atoms with Gasteiger partial charge in [-0.25, -0.2) is 4.98 Å². The summed E-state index contributed by atoms with van der Waals surface area (Å²) in [5.74, 6) is 0.966. The lowest BCUT2D eigenvalue weighted by atomic mass is 9.96. The molecular formula is C16H18N2O2. The first-order valence-electron chi connectivity index (χ1n) is 6.96. The fraction of sp³-hybridized carbons (Fsp3) is 0.375. The summed E-state index contributed by atoms with van der Waals surface area (Å²) in [4.78, 5) is 18.4. The van der Waals surface area contributed by atoms with E-state index in [1.54, 1.807) is 0 Å². The predicted molar refractivity (Wildman–Crippen MR) is 78.7 cm³/mol. The quantitative estimate of drug-likeness (QED) is 0.787. The Morgan fingerprint density at radius 3 is 2.75 bits per heavy atom. The van der Waals surface area contributed by atoms with Gasteiger partial charge in [-0.2, -0.15) is 0 Å². The van der Waals surface area contributed by atoms with Gasteiger partial charge in [0.25, 0.3) is 0 Å². The molecule has 1 aromatic heterocycles. The molecule has 4 heteroatoms. The van der Waals surface area contributed by atoms with E-state index in [0.29, 0.717) is 0 Å². The first kappa shape index (κ1) is 12.9. The summed E-state index contributed by atoms with van der Waals surface area (Å²) in [5, 5.41) is 2.37. The molecule has 0 spiro atoms. The number of aromatic nitrogens is 1. The second-order valence-corrected chi connectivity index (χ2v) is 5.14. The zero-order valence-corrected chi connectivity index (χ0v) is 11.6. The highest BCUT2D eigenvalue weighted by Crippen LogP contribution is 2.28. The predicted octanol–water partition coefficient (Wildman–Crippen LogP) is 2.62. The standard InChI is InChI=1S/C16H18N2O2/c1-20-16(19)13-7-10-18(11-8-13)15-14-5-3-2-4-12(14)6-9-17-15/h2-6,9,13H,7-8,10-11H2,1H3. The number of benzene rings is 1. The lowest BCUT2D eigenvalue weighted by Crippen LogP contribution is -2.37. The molecule has 2 heterocycles. The van der Waals surface area contributed by atoms with E-state index in [-0.39, 0.29) is 11.9 Å². The third-order valence-electron chi connectivity index (χ3n) is 3.98. The van der Waals surface area contributed by atoms with Gasteiger partial charge in [-0.1, -0.05) is 24.3 Å². The van der Waals surface area contributed by atoms with Crippen LogP contribution in [0, 0.1) is 5.92 Å². The van der Waals surface area contributed by atoms with Crippen LogP contribution in [0.25, 0.3) is 10.8 Å². The number of fused-ring (bicyclic) bond motifs is 1. The van der Waals surface area contributed by atoms with Crippen LogP contribution >= 0.6 is 0 Å². The third kappa shape index (κ3) is 2.33. The summed E-state index contributed by atoms with van der Waals surface area (Å²) < 4.78 is 4.83. The summed E-state index contributed by atoms with van der Waals surface area (Å²) >= 11 is 0. The van der Waals surface area contributed by atoms with Gasteiger partial charge in [-0.3, -0.25) is 4.79 Å². The van der Waals surface area contributed by atoms with Gasteiger partial charge in [0.2, 0.25) is 0 Å². The van der Waals surface area contributed by atoms with Crippen molar-refractivity contribution in [3.05, 3.63) is 36.5 Å². The number of rotatable bonds is 2. The average Bonchev–Trinajstić information content (AvgIpc) is 2.54. The molecule has 1 fully saturated rings. The van der Waals surface area contributed by atoms with Gasteiger partial charge in [-0.05, 0) is 24.3 Å². The topological polar surface area (TPSA) is 42.4 Å². The molecule has 0 radical (unpaired) electrons. The van der Waals surface area contributed by atoms with Gasteiger partial charge >= 0.3 is 5.97 Å². The highest BCUT2D eigenvalue weighted by molar-refractivity contribution is 5.92. The molecule has 3 rings (SSSR count). The van der Waals surface area contributed by atoms with Gasteiger partial charge < -0.3 is 9.64 Å². The van der Waals surface area contributed by atoms with Gasteiger partial charge in [0.1, 0.15) is 5.82 Å². The molecule has 20 heavy (non-hydrogen) atoms. The number of carbonyl (C=O) groups excluding carboxylic acids is 1. The molecule has 4 nitrogen and oxygen atoms in total. The number of piperidine rings is 1. The van der Waals surface area contributed by atoms with Crippen molar-refractivity contribution in [3.8, 4) is 0 Å². The minimum atomic E-state index is -0.0875. The number of nitrogens with zero attached hydrogens (tertiary/aromatic N) is 2. The highest BCUT2D eigenvalue weighted by Gasteiger charge is 2.26. The number of methoxy groups -OCH3 is 1. The van der Waals surface area contributed by atoms with Crippen LogP contribution in [-0.2, 0) is 9.53 Å². The minimum Gasteiger partial charge on any atom is -0.469 e. The molecule has 0 atom stereocenters. The molecule has 0 aliphatic carbocycles. The zero-order chi connectivity index (χ0) is 13.9. The number of hydrogen-bond acceptors (Lipinski definition) is 4. The van der Waals surface area contributed by atoms with E-state index in [2.05, 4.69) is 22.0 Å². The summed E-state index contributed by atoms with van der Waals surface area (Å²) in [7, 11) is 1.46. The lowest BCUT2D eigenvalue weighted by molar-refractivity contribution is -0.146. The van der Waals surface area contributed by atoms with Crippen molar-refractivity contribution >= 4 is 22.6 Å². The van der Waals surface area contributed by atoms with Crippen molar-refractivity contribution in [1.82, 2.24) is 4.98 Å². The fourth-order valence-corrected chi connectivity index (χ4v) is 2.85. The van der Waals surface area contributed by atoms with E-state index in [1.165, 1.54) is 17.9 Å². The molecule has 104 valence electrons. The summed E-state index contributed by atoms with van der Waals surface area (Å²) in [5.41, 5.74) is 0. The Morgan fingerprint density at radius 2 is 2.00 bits per heavy atom. The summed E-state index contributed by atoms with van der Waals surface area (Å²) in [6.07, 6.45) is 3.51. The van der Waals surface area contributed by atoms with Crippen LogP contribution in [0.2, 0.25) is 0 Å². The SMILES string of the molecule is COC(=O)C1CCN(c2nccc3ccccc23)CC1. The van der Waals surface area contributed by atoms with E-state index in [9.17, 15) is 4.79 Å². The molecule has 2 aromatic rings. The van der Waals surface area contributed by atoms with Crippen molar-refractivity contribution in [1.29, 1.82) is 0 Å². The molecule has 0 N–H and O–H groups in total. The molecule has 0 unspecified atom stereocenters. The summed E-state index contributed by atoms with van der Waals surface area (Å²) in [6.45, 7) is 1.70. The number of pyridine rings is 1. The number of hydrogen-bond donors (Lipinski definition) is 0. The second kappa shape index (κ2) is 5.49. The van der Waals surface area contributed by atoms with Crippen LogP contribution in [-0.4, -0.2) is 31.2 Å². The van der Waals surface area contributed by atoms with Crippen molar-refractivity contribution < 1.29 is 9.53 Å². The van der Waals surface area contributed by atoms with Gasteiger partial charge in [-0.15, -0.1) is 0 Å². The van der Waals surface area contributed by atoms with Crippen LogP contribution < -0.4 is 4.90 Å². The molecular weight excluding hydrogens is 252 g/mol. The molecule has 1 aromatic carbocycles. The number of esters is 1. The fourth-order valence-electron chi connectivity index (χ4n) is 2.85. The maximum Gasteiger partial charge on any atom is 0.308 e. The number of carbonyl (C=O) groups is 1. The Hall–Kier alpha value is -2.10. The van der Waals surface area contributed by atoms with Gasteiger partial charge in [0.05, 0.1) is 13.0 Å². The first-order chi connectivity index (χ1) is 9.79. The highest BCUT2D eigenvalue weighted by atomic mass is 16.5. The van der Waals surface area contributed by atoms with Gasteiger partial charge in [0.15, 0.2) is 0 Å². The Labute approximate surface area is 118 Å². The van der Waals surface area contributed by atoms with Crippen LogP contribution in [0.15, 0.2) is 36.5 Å². The van der Waals surface area contributed by atoms with Crippen LogP contribution in [0.5, 0.6) is 0 Å². The van der Waals surface area contributed by atoms with Crippen LogP contribution in [0.4, 0.5) is 5.82 Å². The van der Waals surface area contributed by atoms with Crippen LogP contribution in [0.1, 0.15) is 12.8 Å². The van der Waals surface area contributed by atoms with E-state index in [0.717, 1.165) is 31.7 Å². The maximum atomic E-state index is 11.6. The van der Waals surface area contributed by atoms with Crippen LogP contribution in [0.3, 0.4) is 0 Å². The molecule has 0 saturated carbocycles. The molecule has 0 bridgehead atoms. The molecule has 1 saturated heterocycles. The second-order valence-electron chi connectivity index (χ2n) is 5.14. The monoisotopic (exact) mass is 270 g/mol. The Bertz CT molecular complexity index is 613. The van der Waals surface area contributed by atoms with E-state index >= 15 is 0 Å². The Morgan fingerprint density at radius 1 is 1.25 bits per heavy atom. The van der Waals surface area contributed by atoms with E-state index in [1.807, 2.05) is 24.4 Å². The smallest absolute Gasteiger partial charge is 0.308 e. The average molecular weight is 270 g/mol. The van der Waals surface area contributed by atoms with Crippen molar-refractivity contribution in [2.75, 3.05) is 25.1 Å². The molecule has 0 amide bonds. The number of anilines is 1. The lowest BCUT2D eigenvalue weighted by Gasteiger charge is -2.32. The summed E-state index contributed by atoms with van der Waals surface area (Å²) in [6, 6.07) is 10.3. The van der Waals surface area contributed by atoms with Crippen molar-refractivity contribution in [2.45, 2.75) is 12.8 Å². The van der Waals surface area contributed by atoms with Crippen molar-refractivity contribution in [3.63, 3.8) is 0 Å². The maximum absolute atomic E-state index is 11.6. The third-order valence-corrected chi connectivity index (χ3v) is 3.98. The zero-order valence-electron chi connectivity index (χ0n) is 11.6. The largest absolute Gasteiger partial charge is 0.469 e.